The molecule has 0 saturated carbocycles. The molecule has 0 bridgehead atoms. The van der Waals surface area contributed by atoms with Gasteiger partial charge in [-0.25, -0.2) is 4.98 Å². The summed E-state index contributed by atoms with van der Waals surface area (Å²) in [6.45, 7) is 0.626. The third-order valence-electron chi connectivity index (χ3n) is 3.95. The Morgan fingerprint density at radius 1 is 1.45 bits per heavy atom. The molecule has 1 fully saturated rings. The second-order valence-electron chi connectivity index (χ2n) is 5.26. The van der Waals surface area contributed by atoms with Crippen molar-refractivity contribution >= 4 is 5.91 Å². The summed E-state index contributed by atoms with van der Waals surface area (Å²) in [6.07, 6.45) is 4.22. The second-order valence-corrected chi connectivity index (χ2v) is 5.26. The van der Waals surface area contributed by atoms with Crippen LogP contribution in [0.5, 0.6) is 11.5 Å². The highest BCUT2D eigenvalue weighted by atomic mass is 16.5. The van der Waals surface area contributed by atoms with E-state index in [0.29, 0.717) is 18.1 Å². The highest BCUT2D eigenvalue weighted by molar-refractivity contribution is 5.97. The Kier molecular flexibility index (Phi) is 3.95. The molecular weight excluding hydrogens is 284 g/mol. The second kappa shape index (κ2) is 6.05. The summed E-state index contributed by atoms with van der Waals surface area (Å²) in [5, 5.41) is 16.7. The fraction of sp³-hybridized carbons (Fsp3) is 0.400. The summed E-state index contributed by atoms with van der Waals surface area (Å²) >= 11 is 0. The van der Waals surface area contributed by atoms with Gasteiger partial charge in [0.1, 0.15) is 23.7 Å². The van der Waals surface area contributed by atoms with Crippen LogP contribution in [0.1, 0.15) is 41.5 Å². The molecule has 1 amide bonds. The van der Waals surface area contributed by atoms with Crippen LogP contribution in [0, 0.1) is 0 Å². The Hall–Kier alpha value is -2.57. The fourth-order valence-electron chi connectivity index (χ4n) is 2.80. The van der Waals surface area contributed by atoms with E-state index in [9.17, 15) is 9.90 Å². The zero-order valence-corrected chi connectivity index (χ0v) is 12.3. The molecule has 2 aromatic rings. The monoisotopic (exact) mass is 302 g/mol. The molecule has 0 spiro atoms. The van der Waals surface area contributed by atoms with Crippen molar-refractivity contribution in [2.75, 3.05) is 13.7 Å². The van der Waals surface area contributed by atoms with E-state index in [-0.39, 0.29) is 23.3 Å². The number of hydrogen-bond acceptors (Lipinski definition) is 5. The van der Waals surface area contributed by atoms with E-state index in [1.165, 1.54) is 19.5 Å². The number of rotatable bonds is 3. The largest absolute Gasteiger partial charge is 0.507 e. The van der Waals surface area contributed by atoms with Gasteiger partial charge in [0.05, 0.1) is 18.7 Å². The minimum absolute atomic E-state index is 0.0484. The van der Waals surface area contributed by atoms with Crippen LogP contribution < -0.4 is 4.74 Å². The first-order valence-electron chi connectivity index (χ1n) is 7.24. The van der Waals surface area contributed by atoms with Gasteiger partial charge in [0, 0.05) is 6.54 Å². The number of benzene rings is 1. The molecule has 1 aromatic carbocycles. The molecular formula is C15H18N4O3. The molecule has 1 unspecified atom stereocenters. The van der Waals surface area contributed by atoms with Gasteiger partial charge in [0.25, 0.3) is 5.91 Å². The molecule has 0 radical (unpaired) electrons. The number of aromatic hydroxyl groups is 1. The van der Waals surface area contributed by atoms with Gasteiger partial charge in [-0.3, -0.25) is 9.89 Å². The molecule has 7 heteroatoms. The number of piperidine rings is 1. The molecule has 1 aliphatic heterocycles. The van der Waals surface area contributed by atoms with E-state index in [1.807, 2.05) is 0 Å². The van der Waals surface area contributed by atoms with Crippen LogP contribution in [0.2, 0.25) is 0 Å². The molecule has 2 N–H and O–H groups in total. The molecule has 1 atom stereocenters. The normalized spacial score (nSPS) is 18.2. The van der Waals surface area contributed by atoms with Gasteiger partial charge in [-0.15, -0.1) is 0 Å². The predicted octanol–water partition coefficient (Wildman–Crippen LogP) is 1.89. The predicted molar refractivity (Wildman–Crippen MR) is 78.7 cm³/mol. The number of aromatic amines is 1. The first-order valence-corrected chi connectivity index (χ1v) is 7.24. The lowest BCUT2D eigenvalue weighted by atomic mass is 10.00. The summed E-state index contributed by atoms with van der Waals surface area (Å²) in [7, 11) is 1.53. The summed E-state index contributed by atoms with van der Waals surface area (Å²) in [6, 6.07) is 4.51. The zero-order chi connectivity index (χ0) is 15.5. The SMILES string of the molecule is COc1ccc(O)c(C(=O)N2CCCCC2c2ncn[nH]2)c1. The van der Waals surface area contributed by atoms with Crippen molar-refractivity contribution in [1.82, 2.24) is 20.1 Å². The van der Waals surface area contributed by atoms with Crippen molar-refractivity contribution in [3.63, 3.8) is 0 Å². The van der Waals surface area contributed by atoms with Gasteiger partial charge in [0.15, 0.2) is 0 Å². The van der Waals surface area contributed by atoms with Gasteiger partial charge in [0.2, 0.25) is 0 Å². The van der Waals surface area contributed by atoms with Crippen molar-refractivity contribution < 1.29 is 14.6 Å². The number of phenols is 1. The van der Waals surface area contributed by atoms with E-state index in [4.69, 9.17) is 4.74 Å². The number of carbonyl (C=O) groups is 1. The average molecular weight is 302 g/mol. The van der Waals surface area contributed by atoms with Gasteiger partial charge in [-0.2, -0.15) is 5.10 Å². The lowest BCUT2D eigenvalue weighted by molar-refractivity contribution is 0.0597. The summed E-state index contributed by atoms with van der Waals surface area (Å²) in [5.41, 5.74) is 0.241. The Bertz CT molecular complexity index is 657. The number of nitrogens with zero attached hydrogens (tertiary/aromatic N) is 3. The lowest BCUT2D eigenvalue weighted by Gasteiger charge is -2.34. The van der Waals surface area contributed by atoms with E-state index < -0.39 is 0 Å². The number of amides is 1. The van der Waals surface area contributed by atoms with Crippen LogP contribution in [-0.4, -0.2) is 44.7 Å². The van der Waals surface area contributed by atoms with Crippen molar-refractivity contribution in [3.8, 4) is 11.5 Å². The Balaban J connectivity index is 1.92. The summed E-state index contributed by atoms with van der Waals surface area (Å²) in [5.74, 6) is 0.940. The maximum absolute atomic E-state index is 12.8. The zero-order valence-electron chi connectivity index (χ0n) is 12.3. The van der Waals surface area contributed by atoms with E-state index >= 15 is 0 Å². The van der Waals surface area contributed by atoms with Crippen LogP contribution in [0.25, 0.3) is 0 Å². The average Bonchev–Trinajstić information content (AvgIpc) is 3.09. The molecule has 3 rings (SSSR count). The van der Waals surface area contributed by atoms with E-state index in [2.05, 4.69) is 15.2 Å². The Labute approximate surface area is 127 Å². The first-order chi connectivity index (χ1) is 10.7. The number of phenolic OH excluding ortho intramolecular Hbond substituents is 1. The van der Waals surface area contributed by atoms with Crippen molar-refractivity contribution in [1.29, 1.82) is 0 Å². The van der Waals surface area contributed by atoms with Crippen molar-refractivity contribution in [2.24, 2.45) is 0 Å². The topological polar surface area (TPSA) is 91.3 Å². The Morgan fingerprint density at radius 2 is 2.32 bits per heavy atom. The lowest BCUT2D eigenvalue weighted by Crippen LogP contribution is -2.39. The van der Waals surface area contributed by atoms with Crippen LogP contribution in [0.3, 0.4) is 0 Å². The molecule has 0 aliphatic carbocycles. The maximum atomic E-state index is 12.8. The van der Waals surface area contributed by atoms with E-state index in [1.54, 1.807) is 17.0 Å². The standard InChI is InChI=1S/C15H18N4O3/c1-22-10-5-6-13(20)11(8-10)15(21)19-7-3-2-4-12(19)14-16-9-17-18-14/h5-6,8-9,12,20H,2-4,7H2,1H3,(H,16,17,18). The molecule has 1 saturated heterocycles. The van der Waals surface area contributed by atoms with Gasteiger partial charge in [-0.05, 0) is 37.5 Å². The summed E-state index contributed by atoms with van der Waals surface area (Å²) < 4.78 is 5.14. The van der Waals surface area contributed by atoms with E-state index in [0.717, 1.165) is 19.3 Å². The number of methoxy groups -OCH3 is 1. The van der Waals surface area contributed by atoms with Gasteiger partial charge < -0.3 is 14.7 Å². The van der Waals surface area contributed by atoms with Crippen LogP contribution in [0.4, 0.5) is 0 Å². The highest BCUT2D eigenvalue weighted by Gasteiger charge is 2.31. The minimum Gasteiger partial charge on any atom is -0.507 e. The molecule has 7 nitrogen and oxygen atoms in total. The van der Waals surface area contributed by atoms with Gasteiger partial charge in [-0.1, -0.05) is 0 Å². The first kappa shape index (κ1) is 14.4. The van der Waals surface area contributed by atoms with Crippen molar-refractivity contribution in [3.05, 3.63) is 35.9 Å². The third-order valence-corrected chi connectivity index (χ3v) is 3.95. The number of nitrogens with one attached hydrogen (secondary N) is 1. The third kappa shape index (κ3) is 2.61. The summed E-state index contributed by atoms with van der Waals surface area (Å²) in [4.78, 5) is 18.8. The smallest absolute Gasteiger partial charge is 0.258 e. The van der Waals surface area contributed by atoms with Crippen LogP contribution >= 0.6 is 0 Å². The number of aromatic nitrogens is 3. The number of H-pyrrole nitrogens is 1. The molecule has 1 aromatic heterocycles. The molecule has 2 heterocycles. The quantitative estimate of drug-likeness (QED) is 0.903. The maximum Gasteiger partial charge on any atom is 0.258 e. The number of carbonyl (C=O) groups excluding carboxylic acids is 1. The van der Waals surface area contributed by atoms with Crippen LogP contribution in [-0.2, 0) is 0 Å². The van der Waals surface area contributed by atoms with Crippen LogP contribution in [0.15, 0.2) is 24.5 Å². The Morgan fingerprint density at radius 3 is 3.05 bits per heavy atom. The van der Waals surface area contributed by atoms with Crippen molar-refractivity contribution in [2.45, 2.75) is 25.3 Å². The van der Waals surface area contributed by atoms with Gasteiger partial charge >= 0.3 is 0 Å². The highest BCUT2D eigenvalue weighted by Crippen LogP contribution is 2.32. The molecule has 1 aliphatic rings. The minimum atomic E-state index is -0.225. The molecule has 22 heavy (non-hydrogen) atoms. The number of hydrogen-bond donors (Lipinski definition) is 2. The number of ether oxygens (including phenoxy) is 1. The molecule has 116 valence electrons. The number of likely N-dealkylation sites (tertiary alicyclic amines) is 1. The fourth-order valence-corrected chi connectivity index (χ4v) is 2.80.